The number of carbonyl (C=O) groups is 1. The van der Waals surface area contributed by atoms with E-state index >= 15 is 0 Å². The minimum atomic E-state index is 0.441. The smallest absolute Gasteiger partial charge is 0.222 e. The highest BCUT2D eigenvalue weighted by molar-refractivity contribution is 5.76. The van der Waals surface area contributed by atoms with Gasteiger partial charge in [-0.25, -0.2) is 0 Å². The van der Waals surface area contributed by atoms with Crippen LogP contribution in [-0.2, 0) is 4.79 Å². The largest absolute Gasteiger partial charge is 0.342 e. The van der Waals surface area contributed by atoms with Crippen LogP contribution in [0.5, 0.6) is 0 Å². The predicted octanol–water partition coefficient (Wildman–Crippen LogP) is 2.02. The Hall–Kier alpha value is -0.570. The fourth-order valence-electron chi connectivity index (χ4n) is 3.79. The molecule has 3 nitrogen and oxygen atoms in total. The summed E-state index contributed by atoms with van der Waals surface area (Å²) in [6.45, 7) is 4.44. The molecule has 3 heteroatoms. The van der Waals surface area contributed by atoms with Gasteiger partial charge >= 0.3 is 0 Å². The lowest BCUT2D eigenvalue weighted by Crippen LogP contribution is -2.35. The molecule has 3 aliphatic rings. The first-order valence-electron chi connectivity index (χ1n) is 7.81. The fraction of sp³-hybridized carbons (Fsp3) is 0.933. The Morgan fingerprint density at radius 1 is 1.06 bits per heavy atom. The maximum atomic E-state index is 12.2. The zero-order valence-electron chi connectivity index (χ0n) is 11.4. The molecule has 102 valence electrons. The first-order valence-corrected chi connectivity index (χ1v) is 7.81. The fourth-order valence-corrected chi connectivity index (χ4v) is 3.79. The van der Waals surface area contributed by atoms with E-state index in [1.807, 2.05) is 0 Å². The minimum absolute atomic E-state index is 0.441. The van der Waals surface area contributed by atoms with E-state index in [2.05, 4.69) is 10.2 Å². The van der Waals surface area contributed by atoms with Crippen LogP contribution in [0.25, 0.3) is 0 Å². The second-order valence-electron chi connectivity index (χ2n) is 6.48. The third-order valence-corrected chi connectivity index (χ3v) is 5.32. The van der Waals surface area contributed by atoms with Crippen LogP contribution < -0.4 is 5.32 Å². The van der Waals surface area contributed by atoms with Crippen LogP contribution in [-0.4, -0.2) is 37.0 Å². The van der Waals surface area contributed by atoms with Crippen LogP contribution in [0.3, 0.4) is 0 Å². The Bertz CT molecular complexity index is 295. The molecule has 0 aromatic heterocycles. The molecule has 3 rings (SSSR count). The summed E-state index contributed by atoms with van der Waals surface area (Å²) in [5.41, 5.74) is 0. The molecule has 2 aliphatic heterocycles. The van der Waals surface area contributed by atoms with Crippen molar-refractivity contribution in [2.24, 2.45) is 17.8 Å². The molecular formula is C15H26N2O. The number of hydrogen-bond donors (Lipinski definition) is 1. The lowest BCUT2D eigenvalue weighted by Gasteiger charge is -2.29. The Morgan fingerprint density at radius 2 is 1.83 bits per heavy atom. The number of nitrogens with one attached hydrogen (secondary N) is 1. The molecule has 0 bridgehead atoms. The van der Waals surface area contributed by atoms with Crippen molar-refractivity contribution in [3.63, 3.8) is 0 Å². The maximum Gasteiger partial charge on any atom is 0.222 e. The average molecular weight is 250 g/mol. The van der Waals surface area contributed by atoms with Crippen LogP contribution in [0.2, 0.25) is 0 Å². The van der Waals surface area contributed by atoms with Crippen molar-refractivity contribution in [1.29, 1.82) is 0 Å². The van der Waals surface area contributed by atoms with Crippen molar-refractivity contribution in [3.05, 3.63) is 0 Å². The summed E-state index contributed by atoms with van der Waals surface area (Å²) in [6, 6.07) is 0. The predicted molar refractivity (Wildman–Crippen MR) is 72.2 cm³/mol. The standard InChI is InChI=1S/C15H26N2O/c18-15(10-12-2-1-3-12)17-9-6-14(11-17)13-4-7-16-8-5-13/h12-14,16H,1-11H2. The number of amides is 1. The first-order chi connectivity index (χ1) is 8.83. The van der Waals surface area contributed by atoms with Gasteiger partial charge in [0.1, 0.15) is 0 Å². The van der Waals surface area contributed by atoms with Gasteiger partial charge in [0.2, 0.25) is 5.91 Å². The molecule has 1 aliphatic carbocycles. The van der Waals surface area contributed by atoms with E-state index in [0.717, 1.165) is 37.3 Å². The van der Waals surface area contributed by atoms with Gasteiger partial charge in [0.15, 0.2) is 0 Å². The monoisotopic (exact) mass is 250 g/mol. The van der Waals surface area contributed by atoms with Crippen molar-refractivity contribution in [3.8, 4) is 0 Å². The third-order valence-electron chi connectivity index (χ3n) is 5.32. The van der Waals surface area contributed by atoms with Crippen LogP contribution in [0.1, 0.15) is 44.9 Å². The van der Waals surface area contributed by atoms with Crippen LogP contribution >= 0.6 is 0 Å². The number of hydrogen-bond acceptors (Lipinski definition) is 2. The third kappa shape index (κ3) is 2.71. The van der Waals surface area contributed by atoms with Crippen molar-refractivity contribution >= 4 is 5.91 Å². The van der Waals surface area contributed by atoms with Crippen molar-refractivity contribution < 1.29 is 4.79 Å². The Morgan fingerprint density at radius 3 is 2.50 bits per heavy atom. The maximum absolute atomic E-state index is 12.2. The SMILES string of the molecule is O=C(CC1CCC1)N1CCC(C2CCNCC2)C1. The van der Waals surface area contributed by atoms with Gasteiger partial charge < -0.3 is 10.2 Å². The molecule has 0 aromatic rings. The molecule has 0 aromatic carbocycles. The molecular weight excluding hydrogens is 224 g/mol. The van der Waals surface area contributed by atoms with E-state index in [4.69, 9.17) is 0 Å². The summed E-state index contributed by atoms with van der Waals surface area (Å²) in [5, 5.41) is 3.43. The summed E-state index contributed by atoms with van der Waals surface area (Å²) in [4.78, 5) is 14.3. The molecule has 0 radical (unpaired) electrons. The van der Waals surface area contributed by atoms with Crippen molar-refractivity contribution in [1.82, 2.24) is 10.2 Å². The second kappa shape index (κ2) is 5.60. The van der Waals surface area contributed by atoms with Gasteiger partial charge in [0.05, 0.1) is 0 Å². The highest BCUT2D eigenvalue weighted by Gasteiger charge is 2.33. The van der Waals surface area contributed by atoms with Gasteiger partial charge in [-0.3, -0.25) is 4.79 Å². The van der Waals surface area contributed by atoms with Gasteiger partial charge in [0, 0.05) is 19.5 Å². The van der Waals surface area contributed by atoms with Gasteiger partial charge in [-0.1, -0.05) is 6.42 Å². The molecule has 1 saturated carbocycles. The van der Waals surface area contributed by atoms with Gasteiger partial charge in [-0.2, -0.15) is 0 Å². The summed E-state index contributed by atoms with van der Waals surface area (Å²) in [5.74, 6) is 2.82. The number of likely N-dealkylation sites (tertiary alicyclic amines) is 1. The topological polar surface area (TPSA) is 32.3 Å². The van der Waals surface area contributed by atoms with Crippen molar-refractivity contribution in [2.75, 3.05) is 26.2 Å². The van der Waals surface area contributed by atoms with E-state index in [1.165, 1.54) is 51.6 Å². The van der Waals surface area contributed by atoms with Gasteiger partial charge in [0.25, 0.3) is 0 Å². The summed E-state index contributed by atoms with van der Waals surface area (Å²) in [6.07, 6.45) is 8.63. The average Bonchev–Trinajstić information content (AvgIpc) is 2.84. The quantitative estimate of drug-likeness (QED) is 0.831. The zero-order chi connectivity index (χ0) is 12.4. The van der Waals surface area contributed by atoms with Gasteiger partial charge in [-0.05, 0) is 62.9 Å². The van der Waals surface area contributed by atoms with Crippen LogP contribution in [0.15, 0.2) is 0 Å². The number of nitrogens with zero attached hydrogens (tertiary/aromatic N) is 1. The summed E-state index contributed by atoms with van der Waals surface area (Å²) in [7, 11) is 0. The Labute approximate surface area is 110 Å². The molecule has 3 fully saturated rings. The van der Waals surface area contributed by atoms with Crippen molar-refractivity contribution in [2.45, 2.75) is 44.9 Å². The number of rotatable bonds is 3. The van der Waals surface area contributed by atoms with Crippen LogP contribution in [0, 0.1) is 17.8 Å². The second-order valence-corrected chi connectivity index (χ2v) is 6.48. The first kappa shape index (κ1) is 12.5. The highest BCUT2D eigenvalue weighted by Crippen LogP contribution is 2.33. The highest BCUT2D eigenvalue weighted by atomic mass is 16.2. The lowest BCUT2D eigenvalue weighted by molar-refractivity contribution is -0.132. The van der Waals surface area contributed by atoms with Crippen LogP contribution in [0.4, 0.5) is 0 Å². The summed E-state index contributed by atoms with van der Waals surface area (Å²) < 4.78 is 0. The number of carbonyl (C=O) groups excluding carboxylic acids is 1. The van der Waals surface area contributed by atoms with E-state index in [-0.39, 0.29) is 0 Å². The molecule has 18 heavy (non-hydrogen) atoms. The van der Waals surface area contributed by atoms with E-state index in [1.54, 1.807) is 0 Å². The van der Waals surface area contributed by atoms with Gasteiger partial charge in [-0.15, -0.1) is 0 Å². The minimum Gasteiger partial charge on any atom is -0.342 e. The zero-order valence-corrected chi connectivity index (χ0v) is 11.4. The Kier molecular flexibility index (Phi) is 3.88. The van der Waals surface area contributed by atoms with E-state index in [0.29, 0.717) is 5.91 Å². The number of piperidine rings is 1. The molecule has 1 N–H and O–H groups in total. The summed E-state index contributed by atoms with van der Waals surface area (Å²) >= 11 is 0. The van der Waals surface area contributed by atoms with E-state index in [9.17, 15) is 4.79 Å². The molecule has 1 atom stereocenters. The van der Waals surface area contributed by atoms with E-state index < -0.39 is 0 Å². The molecule has 2 saturated heterocycles. The molecule has 2 heterocycles. The molecule has 1 amide bonds. The molecule has 0 spiro atoms. The lowest BCUT2D eigenvalue weighted by atomic mass is 9.82. The molecule has 1 unspecified atom stereocenters. The Balaban J connectivity index is 1.46. The normalized spacial score (nSPS) is 30.4.